The molecule has 0 N–H and O–H groups in total. The summed E-state index contributed by atoms with van der Waals surface area (Å²) >= 11 is 0. The highest BCUT2D eigenvalue weighted by molar-refractivity contribution is 6.08. The van der Waals surface area contributed by atoms with Crippen molar-refractivity contribution in [2.45, 2.75) is 20.6 Å². The molecule has 0 aliphatic rings. The lowest BCUT2D eigenvalue weighted by atomic mass is 9.95. The third-order valence-electron chi connectivity index (χ3n) is 5.58. The van der Waals surface area contributed by atoms with Gasteiger partial charge in [0.2, 0.25) is 5.71 Å². The molecule has 154 valence electrons. The van der Waals surface area contributed by atoms with Crippen LogP contribution in [-0.4, -0.2) is 15.0 Å². The van der Waals surface area contributed by atoms with Crippen molar-refractivity contribution in [2.75, 3.05) is 0 Å². The predicted molar refractivity (Wildman–Crippen MR) is 130 cm³/mol. The second kappa shape index (κ2) is 6.99. The maximum atomic E-state index is 8.18. The number of pyridine rings is 3. The van der Waals surface area contributed by atoms with Gasteiger partial charge in [0.1, 0.15) is 5.58 Å². The summed E-state index contributed by atoms with van der Waals surface area (Å²) < 4.78 is 77.2. The SMILES string of the molecule is [2H]C([2H])([2H])c1ccc2nccc(-c3cc(-c4cccc5c4oc4nc(C([2H])([2H])[2H])ccc45)ncc3C([2H])([2H])[2H])c2c1. The summed E-state index contributed by atoms with van der Waals surface area (Å²) in [6.07, 6.45) is 2.84. The van der Waals surface area contributed by atoms with Gasteiger partial charge in [-0.05, 0) is 79.7 Å². The second-order valence-corrected chi connectivity index (χ2v) is 7.54. The second-order valence-electron chi connectivity index (χ2n) is 7.54. The Hall–Kier alpha value is -4.05. The minimum absolute atomic E-state index is 0.00574. The van der Waals surface area contributed by atoms with Crippen LogP contribution in [-0.2, 0) is 0 Å². The number of rotatable bonds is 2. The lowest BCUT2D eigenvalue weighted by Gasteiger charge is -2.12. The molecule has 32 heavy (non-hydrogen) atoms. The number of para-hydroxylation sites is 1. The van der Waals surface area contributed by atoms with Gasteiger partial charge >= 0.3 is 0 Å². The highest BCUT2D eigenvalue weighted by Crippen LogP contribution is 2.37. The molecule has 0 atom stereocenters. The molecule has 0 fully saturated rings. The standard InChI is InChI=1S/C28H21N3O/c1-16-7-10-25-24(13-16)19(11-12-29-25)23-14-26(30-15-17(23)2)22-6-4-5-20-21-9-8-18(3)31-28(21)32-27(20)22/h4-15H,1-3H3/i1D3,2D3,3D3. The summed E-state index contributed by atoms with van der Waals surface area (Å²) in [5, 5.41) is 1.82. The Balaban J connectivity index is 1.61. The van der Waals surface area contributed by atoms with Crippen LogP contribution >= 0.6 is 0 Å². The number of hydrogen-bond donors (Lipinski definition) is 0. The zero-order chi connectivity index (χ0) is 29.3. The zero-order valence-corrected chi connectivity index (χ0v) is 16.7. The molecule has 4 nitrogen and oxygen atoms in total. The molecule has 0 aliphatic heterocycles. The van der Waals surface area contributed by atoms with E-state index in [1.165, 1.54) is 24.4 Å². The van der Waals surface area contributed by atoms with Crippen LogP contribution in [0.15, 0.2) is 77.5 Å². The largest absolute Gasteiger partial charge is 0.437 e. The molecule has 4 heterocycles. The van der Waals surface area contributed by atoms with E-state index in [2.05, 4.69) is 15.0 Å². The average molecular weight is 425 g/mol. The minimum atomic E-state index is -2.51. The quantitative estimate of drug-likeness (QED) is 0.295. The average Bonchev–Trinajstić information content (AvgIpc) is 3.29. The number of hydrogen-bond acceptors (Lipinski definition) is 4. The number of fused-ring (bicyclic) bond motifs is 4. The Bertz CT molecular complexity index is 1970. The van der Waals surface area contributed by atoms with E-state index in [9.17, 15) is 0 Å². The molecule has 0 radical (unpaired) electrons. The van der Waals surface area contributed by atoms with Crippen LogP contribution in [0.3, 0.4) is 0 Å². The van der Waals surface area contributed by atoms with Crippen LogP contribution in [0.1, 0.15) is 29.2 Å². The molecule has 0 bridgehead atoms. The van der Waals surface area contributed by atoms with E-state index in [1.54, 1.807) is 42.6 Å². The Labute approximate surface area is 198 Å². The maximum Gasteiger partial charge on any atom is 0.227 e. The summed E-state index contributed by atoms with van der Waals surface area (Å²) in [6, 6.07) is 16.4. The fourth-order valence-corrected chi connectivity index (χ4v) is 4.09. The maximum absolute atomic E-state index is 8.18. The fraction of sp³-hybridized carbons (Fsp3) is 0.107. The topological polar surface area (TPSA) is 51.8 Å². The van der Waals surface area contributed by atoms with Crippen molar-refractivity contribution in [3.8, 4) is 22.4 Å². The van der Waals surface area contributed by atoms with Crippen molar-refractivity contribution < 1.29 is 16.8 Å². The molecule has 4 aromatic heterocycles. The Kier molecular flexibility index (Phi) is 2.52. The molecule has 0 amide bonds. The molecule has 6 aromatic rings. The van der Waals surface area contributed by atoms with Gasteiger partial charge in [-0.2, -0.15) is 0 Å². The molecule has 0 saturated heterocycles. The number of aryl methyl sites for hydroxylation is 3. The molecule has 4 heteroatoms. The summed E-state index contributed by atoms with van der Waals surface area (Å²) in [5.41, 5.74) is 2.92. The van der Waals surface area contributed by atoms with Crippen molar-refractivity contribution in [2.24, 2.45) is 0 Å². The Morgan fingerprint density at radius 3 is 2.69 bits per heavy atom. The third-order valence-corrected chi connectivity index (χ3v) is 5.58. The smallest absolute Gasteiger partial charge is 0.227 e. The molecule has 0 spiro atoms. The molecule has 0 unspecified atom stereocenters. The summed E-state index contributed by atoms with van der Waals surface area (Å²) in [6.45, 7) is -7.27. The fourth-order valence-electron chi connectivity index (χ4n) is 4.09. The number of furan rings is 1. The van der Waals surface area contributed by atoms with Crippen molar-refractivity contribution >= 4 is 33.0 Å². The Morgan fingerprint density at radius 1 is 0.781 bits per heavy atom. The van der Waals surface area contributed by atoms with Crippen LogP contribution in [0.2, 0.25) is 0 Å². The van der Waals surface area contributed by atoms with Crippen LogP contribution in [0.25, 0.3) is 55.4 Å². The van der Waals surface area contributed by atoms with Gasteiger partial charge in [-0.1, -0.05) is 23.8 Å². The molecular formula is C28H21N3O. The van der Waals surface area contributed by atoms with Gasteiger partial charge in [0.25, 0.3) is 0 Å². The lowest BCUT2D eigenvalue weighted by Crippen LogP contribution is -1.92. The van der Waals surface area contributed by atoms with Crippen LogP contribution in [0.4, 0.5) is 0 Å². The number of aromatic nitrogens is 3. The van der Waals surface area contributed by atoms with Crippen molar-refractivity contribution in [1.29, 1.82) is 0 Å². The zero-order valence-electron chi connectivity index (χ0n) is 25.7. The minimum Gasteiger partial charge on any atom is -0.437 e. The van der Waals surface area contributed by atoms with E-state index in [-0.39, 0.29) is 22.5 Å². The van der Waals surface area contributed by atoms with Crippen LogP contribution in [0.5, 0.6) is 0 Å². The lowest BCUT2D eigenvalue weighted by molar-refractivity contribution is 0.653. The van der Waals surface area contributed by atoms with Crippen LogP contribution in [0, 0.1) is 20.6 Å². The summed E-state index contributed by atoms with van der Waals surface area (Å²) in [5.74, 6) is 0. The Morgan fingerprint density at radius 2 is 1.78 bits per heavy atom. The van der Waals surface area contributed by atoms with Gasteiger partial charge in [0.15, 0.2) is 0 Å². The van der Waals surface area contributed by atoms with E-state index < -0.39 is 20.6 Å². The van der Waals surface area contributed by atoms with Gasteiger partial charge in [0, 0.05) is 52.1 Å². The summed E-state index contributed by atoms with van der Waals surface area (Å²) in [7, 11) is 0. The van der Waals surface area contributed by atoms with E-state index in [0.29, 0.717) is 49.6 Å². The van der Waals surface area contributed by atoms with Gasteiger partial charge in [-0.15, -0.1) is 0 Å². The van der Waals surface area contributed by atoms with Crippen molar-refractivity contribution in [1.82, 2.24) is 15.0 Å². The molecule has 0 saturated carbocycles. The third kappa shape index (κ3) is 2.88. The predicted octanol–water partition coefficient (Wildman–Crippen LogP) is 7.18. The highest BCUT2D eigenvalue weighted by atomic mass is 16.3. The van der Waals surface area contributed by atoms with E-state index in [1.807, 2.05) is 6.07 Å². The first kappa shape index (κ1) is 11.5. The van der Waals surface area contributed by atoms with Crippen molar-refractivity contribution in [3.63, 3.8) is 0 Å². The monoisotopic (exact) mass is 424 g/mol. The van der Waals surface area contributed by atoms with Gasteiger partial charge < -0.3 is 4.42 Å². The van der Waals surface area contributed by atoms with E-state index in [0.717, 1.165) is 0 Å². The van der Waals surface area contributed by atoms with Gasteiger partial charge in [-0.3, -0.25) is 9.97 Å². The van der Waals surface area contributed by atoms with Crippen LogP contribution < -0.4 is 0 Å². The summed E-state index contributed by atoms with van der Waals surface area (Å²) in [4.78, 5) is 13.0. The van der Waals surface area contributed by atoms with Crippen molar-refractivity contribution in [3.05, 3.63) is 89.9 Å². The van der Waals surface area contributed by atoms with E-state index >= 15 is 0 Å². The normalized spacial score (nSPS) is 16.9. The number of benzene rings is 2. The molecule has 0 aliphatic carbocycles. The highest BCUT2D eigenvalue weighted by Gasteiger charge is 2.16. The molecule has 6 rings (SSSR count). The van der Waals surface area contributed by atoms with Gasteiger partial charge in [-0.25, -0.2) is 4.98 Å². The molecular weight excluding hydrogens is 394 g/mol. The first-order chi connectivity index (χ1) is 19.2. The first-order valence-electron chi connectivity index (χ1n) is 14.4. The first-order valence-corrected chi connectivity index (χ1v) is 9.95. The van der Waals surface area contributed by atoms with Gasteiger partial charge in [0.05, 0.1) is 11.2 Å². The molecule has 2 aromatic carbocycles. The van der Waals surface area contributed by atoms with E-state index in [4.69, 9.17) is 16.8 Å². The number of nitrogens with zero attached hydrogens (tertiary/aromatic N) is 3.